The lowest BCUT2D eigenvalue weighted by Crippen LogP contribution is -2.31. The molecule has 0 aliphatic carbocycles. The molecule has 0 saturated carbocycles. The van der Waals surface area contributed by atoms with Crippen molar-refractivity contribution in [2.24, 2.45) is 5.10 Å². The van der Waals surface area contributed by atoms with Crippen LogP contribution in [0.2, 0.25) is 10.0 Å². The van der Waals surface area contributed by atoms with Crippen LogP contribution in [0.3, 0.4) is 0 Å². The predicted octanol–water partition coefficient (Wildman–Crippen LogP) is 4.81. The summed E-state index contributed by atoms with van der Waals surface area (Å²) in [6.07, 6.45) is 1.37. The number of rotatable bonds is 5. The maximum atomic E-state index is 13.3. The molecule has 0 atom stereocenters. The fourth-order valence-electron chi connectivity index (χ4n) is 4.05. The molecule has 1 N–H and O–H groups in total. The average molecular weight is 540 g/mol. The zero-order valence-corrected chi connectivity index (χ0v) is 21.2. The summed E-state index contributed by atoms with van der Waals surface area (Å²) in [5.74, 6) is -0.465. The van der Waals surface area contributed by atoms with Crippen LogP contribution in [-0.2, 0) is 21.4 Å². The van der Waals surface area contributed by atoms with E-state index in [0.29, 0.717) is 38.2 Å². The maximum Gasteiger partial charge on any atom is 0.264 e. The summed E-state index contributed by atoms with van der Waals surface area (Å²) in [5, 5.41) is 9.44. The van der Waals surface area contributed by atoms with Crippen LogP contribution in [-0.4, -0.2) is 37.4 Å². The van der Waals surface area contributed by atoms with Crippen LogP contribution >= 0.6 is 23.2 Å². The molecule has 0 unspecified atom stereocenters. The summed E-state index contributed by atoms with van der Waals surface area (Å²) >= 11 is 12.3. The molecule has 182 valence electrons. The number of carbonyl (C=O) groups excluding carboxylic acids is 1. The van der Waals surface area contributed by atoms with Crippen LogP contribution in [0, 0.1) is 0 Å². The smallest absolute Gasteiger partial charge is 0.264 e. The molecule has 0 fully saturated rings. The van der Waals surface area contributed by atoms with Crippen LogP contribution in [0.1, 0.15) is 5.56 Å². The Kier molecular flexibility index (Phi) is 6.29. The highest BCUT2D eigenvalue weighted by atomic mass is 35.5. The first-order valence-electron chi connectivity index (χ1n) is 10.8. The number of hydrazone groups is 1. The van der Waals surface area contributed by atoms with E-state index in [-0.39, 0.29) is 11.4 Å². The zero-order chi connectivity index (χ0) is 25.4. The normalized spacial score (nSPS) is 13.9. The number of amides is 1. The molecule has 1 aliphatic heterocycles. The summed E-state index contributed by atoms with van der Waals surface area (Å²) < 4.78 is 29.3. The number of halogens is 2. The van der Waals surface area contributed by atoms with Crippen molar-refractivity contribution < 1.29 is 13.2 Å². The highest BCUT2D eigenvalue weighted by Gasteiger charge is 2.38. The Bertz CT molecular complexity index is 1600. The van der Waals surface area contributed by atoms with Crippen LogP contribution < -0.4 is 9.73 Å². The fourth-order valence-corrected chi connectivity index (χ4v) is 5.95. The van der Waals surface area contributed by atoms with Crippen molar-refractivity contribution in [1.29, 1.82) is 0 Å². The summed E-state index contributed by atoms with van der Waals surface area (Å²) in [6, 6.07) is 20.9. The van der Waals surface area contributed by atoms with E-state index in [2.05, 4.69) is 15.6 Å². The molecular weight excluding hydrogens is 521 g/mol. The van der Waals surface area contributed by atoms with E-state index in [4.69, 9.17) is 23.2 Å². The number of hydrogen-bond acceptors (Lipinski definition) is 5. The highest BCUT2D eigenvalue weighted by molar-refractivity contribution is 7.93. The summed E-state index contributed by atoms with van der Waals surface area (Å²) in [5.41, 5.74) is 5.51. The van der Waals surface area contributed by atoms with Crippen molar-refractivity contribution >= 4 is 51.0 Å². The van der Waals surface area contributed by atoms with Gasteiger partial charge in [0.15, 0.2) is 0 Å². The van der Waals surface area contributed by atoms with Crippen LogP contribution in [0.4, 0.5) is 5.69 Å². The van der Waals surface area contributed by atoms with Gasteiger partial charge in [0.05, 0.1) is 26.8 Å². The summed E-state index contributed by atoms with van der Waals surface area (Å²) in [6.45, 7) is -0.203. The van der Waals surface area contributed by atoms with Crippen LogP contribution in [0.15, 0.2) is 82.8 Å². The Labute approximate surface area is 217 Å². The van der Waals surface area contributed by atoms with Gasteiger partial charge in [0.2, 0.25) is 0 Å². The van der Waals surface area contributed by atoms with E-state index in [1.807, 2.05) is 30.3 Å². The van der Waals surface area contributed by atoms with Gasteiger partial charge in [-0.2, -0.15) is 10.2 Å². The molecule has 8 nitrogen and oxygen atoms in total. The first-order valence-corrected chi connectivity index (χ1v) is 13.0. The van der Waals surface area contributed by atoms with Gasteiger partial charge in [-0.15, -0.1) is 0 Å². The monoisotopic (exact) mass is 539 g/mol. The van der Waals surface area contributed by atoms with Crippen molar-refractivity contribution in [2.75, 3.05) is 11.4 Å². The standard InChI is InChI=1S/C25H19Cl2N5O3S/c1-31-25-23(16-8-3-2-4-9-16)30-32(24(25)17-10-5-6-13-21(17)36(31,34)35)15-22(33)29-28-14-18-19(26)11-7-12-20(18)27/h2-14H,15H2,1H3,(H,29,33)/b28-14+. The quantitative estimate of drug-likeness (QED) is 0.290. The van der Waals surface area contributed by atoms with E-state index in [1.54, 1.807) is 42.5 Å². The van der Waals surface area contributed by atoms with Gasteiger partial charge in [0.1, 0.15) is 17.9 Å². The Morgan fingerprint density at radius 2 is 1.67 bits per heavy atom. The zero-order valence-electron chi connectivity index (χ0n) is 18.9. The minimum atomic E-state index is -3.80. The lowest BCUT2D eigenvalue weighted by molar-refractivity contribution is -0.121. The molecule has 1 aliphatic rings. The second-order valence-electron chi connectivity index (χ2n) is 7.97. The molecule has 0 saturated heterocycles. The number of nitrogens with one attached hydrogen (secondary N) is 1. The van der Waals surface area contributed by atoms with E-state index >= 15 is 0 Å². The van der Waals surface area contributed by atoms with Gasteiger partial charge in [-0.1, -0.05) is 77.8 Å². The van der Waals surface area contributed by atoms with Crippen molar-refractivity contribution in [3.63, 3.8) is 0 Å². The maximum absolute atomic E-state index is 13.3. The molecule has 0 radical (unpaired) electrons. The van der Waals surface area contributed by atoms with Crippen LogP contribution in [0.25, 0.3) is 22.5 Å². The number of hydrogen-bond donors (Lipinski definition) is 1. The van der Waals surface area contributed by atoms with E-state index in [9.17, 15) is 13.2 Å². The number of aromatic nitrogens is 2. The number of benzene rings is 3. The number of anilines is 1. The van der Waals surface area contributed by atoms with Crippen molar-refractivity contribution in [1.82, 2.24) is 15.2 Å². The molecule has 1 amide bonds. The first-order chi connectivity index (χ1) is 17.3. The van der Waals surface area contributed by atoms with E-state index in [0.717, 1.165) is 5.56 Å². The minimum absolute atomic E-state index is 0.146. The molecule has 1 aromatic heterocycles. The van der Waals surface area contributed by atoms with E-state index < -0.39 is 15.9 Å². The van der Waals surface area contributed by atoms with Crippen LogP contribution in [0.5, 0.6) is 0 Å². The predicted molar refractivity (Wildman–Crippen MR) is 141 cm³/mol. The van der Waals surface area contributed by atoms with Gasteiger partial charge in [-0.25, -0.2) is 13.8 Å². The lowest BCUT2D eigenvalue weighted by Gasteiger charge is -2.27. The SMILES string of the molecule is CN1c2c(-c3ccccc3)nn(CC(=O)N/N=C/c3c(Cl)cccc3Cl)c2-c2ccccc2S1(=O)=O. The molecule has 36 heavy (non-hydrogen) atoms. The largest absolute Gasteiger partial charge is 0.271 e. The van der Waals surface area contributed by atoms with Crippen molar-refractivity contribution in [3.05, 3.63) is 88.4 Å². The third kappa shape index (κ3) is 4.15. The highest BCUT2D eigenvalue weighted by Crippen LogP contribution is 2.47. The Morgan fingerprint density at radius 1 is 1.00 bits per heavy atom. The molecule has 2 heterocycles. The van der Waals surface area contributed by atoms with Gasteiger partial charge in [0.25, 0.3) is 15.9 Å². The van der Waals surface area contributed by atoms with Gasteiger partial charge >= 0.3 is 0 Å². The van der Waals surface area contributed by atoms with Gasteiger partial charge < -0.3 is 0 Å². The van der Waals surface area contributed by atoms with Gasteiger partial charge in [0, 0.05) is 23.7 Å². The molecule has 5 rings (SSSR count). The van der Waals surface area contributed by atoms with Crippen molar-refractivity contribution in [2.45, 2.75) is 11.4 Å². The lowest BCUT2D eigenvalue weighted by atomic mass is 10.1. The Hall–Kier alpha value is -3.66. The van der Waals surface area contributed by atoms with E-state index in [1.165, 1.54) is 22.2 Å². The molecule has 3 aromatic carbocycles. The molecule has 0 bridgehead atoms. The first kappa shape index (κ1) is 24.1. The molecule has 11 heteroatoms. The Balaban J connectivity index is 1.55. The number of fused-ring (bicyclic) bond motifs is 3. The fraction of sp³-hybridized carbons (Fsp3) is 0.0800. The second kappa shape index (κ2) is 9.42. The second-order valence-corrected chi connectivity index (χ2v) is 10.7. The van der Waals surface area contributed by atoms with Gasteiger partial charge in [-0.05, 0) is 18.2 Å². The van der Waals surface area contributed by atoms with Gasteiger partial charge in [-0.3, -0.25) is 13.8 Å². The molecular formula is C25H19Cl2N5O3S. The number of sulfonamides is 1. The number of nitrogens with zero attached hydrogens (tertiary/aromatic N) is 4. The topological polar surface area (TPSA) is 96.7 Å². The third-order valence-corrected chi connectivity index (χ3v) is 8.22. The number of carbonyl (C=O) groups is 1. The third-order valence-electron chi connectivity index (χ3n) is 5.75. The molecule has 0 spiro atoms. The van der Waals surface area contributed by atoms with Crippen molar-refractivity contribution in [3.8, 4) is 22.5 Å². The minimum Gasteiger partial charge on any atom is -0.271 e. The average Bonchev–Trinajstić information content (AvgIpc) is 3.24. The molecule has 4 aromatic rings. The summed E-state index contributed by atoms with van der Waals surface area (Å²) in [4.78, 5) is 13.0. The summed E-state index contributed by atoms with van der Waals surface area (Å²) in [7, 11) is -2.32. The Morgan fingerprint density at radius 3 is 2.39 bits per heavy atom.